The van der Waals surface area contributed by atoms with E-state index in [1.165, 1.54) is 37.0 Å². The van der Waals surface area contributed by atoms with E-state index in [9.17, 15) is 13.6 Å². The molecule has 1 aliphatic carbocycles. The van der Waals surface area contributed by atoms with Gasteiger partial charge in [-0.25, -0.2) is 4.98 Å². The van der Waals surface area contributed by atoms with Crippen molar-refractivity contribution in [1.29, 1.82) is 0 Å². The summed E-state index contributed by atoms with van der Waals surface area (Å²) >= 11 is 0. The van der Waals surface area contributed by atoms with Crippen LogP contribution < -0.4 is 0 Å². The molecule has 1 fully saturated rings. The monoisotopic (exact) mass is 349 g/mol. The van der Waals surface area contributed by atoms with Crippen LogP contribution in [0.4, 0.5) is 8.78 Å². The van der Waals surface area contributed by atoms with Gasteiger partial charge >= 0.3 is 6.55 Å². The second kappa shape index (κ2) is 7.93. The zero-order valence-electron chi connectivity index (χ0n) is 14.6. The third kappa shape index (κ3) is 4.17. The van der Waals surface area contributed by atoms with Gasteiger partial charge in [-0.05, 0) is 24.5 Å². The number of rotatable bonds is 6. The summed E-state index contributed by atoms with van der Waals surface area (Å²) in [5.41, 5.74) is 0.927. The van der Waals surface area contributed by atoms with E-state index < -0.39 is 6.55 Å². The van der Waals surface area contributed by atoms with Gasteiger partial charge in [-0.2, -0.15) is 8.78 Å². The molecule has 2 aromatic rings. The van der Waals surface area contributed by atoms with Gasteiger partial charge in [-0.3, -0.25) is 9.36 Å². The molecule has 0 unspecified atom stereocenters. The topological polar surface area (TPSA) is 38.1 Å². The minimum atomic E-state index is -2.67. The van der Waals surface area contributed by atoms with Gasteiger partial charge in [-0.15, -0.1) is 0 Å². The summed E-state index contributed by atoms with van der Waals surface area (Å²) in [4.78, 5) is 18.2. The molecule has 0 radical (unpaired) electrons. The van der Waals surface area contributed by atoms with Crippen molar-refractivity contribution in [3.63, 3.8) is 0 Å². The lowest BCUT2D eigenvalue weighted by Gasteiger charge is -2.23. The van der Waals surface area contributed by atoms with Crippen LogP contribution in [0, 0.1) is 5.92 Å². The molecule has 0 atom stereocenters. The molecule has 0 N–H and O–H groups in total. The lowest BCUT2D eigenvalue weighted by atomic mass is 9.86. The maximum absolute atomic E-state index is 13.5. The lowest BCUT2D eigenvalue weighted by molar-refractivity contribution is -0.131. The fourth-order valence-electron chi connectivity index (χ4n) is 3.72. The number of benzene rings is 1. The molecule has 0 spiro atoms. The summed E-state index contributed by atoms with van der Waals surface area (Å²) in [5, 5.41) is 0. The molecule has 1 saturated carbocycles. The van der Waals surface area contributed by atoms with Crippen LogP contribution in [0.1, 0.15) is 57.3 Å². The van der Waals surface area contributed by atoms with Crippen molar-refractivity contribution in [2.24, 2.45) is 5.92 Å². The van der Waals surface area contributed by atoms with Crippen molar-refractivity contribution >= 4 is 16.9 Å². The van der Waals surface area contributed by atoms with Crippen molar-refractivity contribution in [2.75, 3.05) is 7.05 Å². The van der Waals surface area contributed by atoms with Gasteiger partial charge in [0.1, 0.15) is 5.82 Å². The average molecular weight is 349 g/mol. The van der Waals surface area contributed by atoms with Gasteiger partial charge in [0.25, 0.3) is 0 Å². The predicted octanol–water partition coefficient (Wildman–Crippen LogP) is 4.75. The highest BCUT2D eigenvalue weighted by Gasteiger charge is 2.21. The Bertz CT molecular complexity index is 723. The van der Waals surface area contributed by atoms with Crippen molar-refractivity contribution in [3.8, 4) is 0 Å². The lowest BCUT2D eigenvalue weighted by Crippen LogP contribution is -2.28. The summed E-state index contributed by atoms with van der Waals surface area (Å²) in [6, 6.07) is 6.82. The third-order valence-corrected chi connectivity index (χ3v) is 5.16. The number of aromatic nitrogens is 2. The van der Waals surface area contributed by atoms with E-state index in [0.29, 0.717) is 23.4 Å². The van der Waals surface area contributed by atoms with Crippen molar-refractivity contribution < 1.29 is 13.6 Å². The van der Waals surface area contributed by atoms with Crippen molar-refractivity contribution in [1.82, 2.24) is 14.5 Å². The quantitative estimate of drug-likeness (QED) is 0.755. The Labute approximate surface area is 146 Å². The maximum Gasteiger partial charge on any atom is 0.320 e. The Hall–Kier alpha value is -1.98. The number of para-hydroxylation sites is 2. The fraction of sp³-hybridized carbons (Fsp3) is 0.579. The first-order chi connectivity index (χ1) is 12.1. The van der Waals surface area contributed by atoms with Gasteiger partial charge in [0.2, 0.25) is 5.91 Å². The van der Waals surface area contributed by atoms with Gasteiger partial charge in [0, 0.05) is 13.5 Å². The third-order valence-electron chi connectivity index (χ3n) is 5.16. The van der Waals surface area contributed by atoms with E-state index in [2.05, 4.69) is 4.98 Å². The average Bonchev–Trinajstić information content (AvgIpc) is 2.98. The first-order valence-electron chi connectivity index (χ1n) is 9.04. The fourth-order valence-corrected chi connectivity index (χ4v) is 3.72. The van der Waals surface area contributed by atoms with Crippen LogP contribution in [-0.2, 0) is 11.3 Å². The number of amides is 1. The van der Waals surface area contributed by atoms with Crippen LogP contribution in [0.5, 0.6) is 0 Å². The van der Waals surface area contributed by atoms with E-state index >= 15 is 0 Å². The minimum absolute atomic E-state index is 0.00144. The molecule has 136 valence electrons. The van der Waals surface area contributed by atoms with Crippen LogP contribution in [-0.4, -0.2) is 27.4 Å². The Morgan fingerprint density at radius 1 is 1.28 bits per heavy atom. The van der Waals surface area contributed by atoms with Crippen molar-refractivity contribution in [2.45, 2.75) is 58.0 Å². The Balaban J connectivity index is 1.65. The number of fused-ring (bicyclic) bond motifs is 1. The molecule has 3 rings (SSSR count). The molecule has 4 nitrogen and oxygen atoms in total. The number of carbonyl (C=O) groups is 1. The van der Waals surface area contributed by atoms with Crippen LogP contribution in [0.2, 0.25) is 0 Å². The highest BCUT2D eigenvalue weighted by Crippen LogP contribution is 2.28. The van der Waals surface area contributed by atoms with Gasteiger partial charge < -0.3 is 4.90 Å². The minimum Gasteiger partial charge on any atom is -0.338 e. The molecule has 1 amide bonds. The molecule has 0 bridgehead atoms. The summed E-state index contributed by atoms with van der Waals surface area (Å²) in [6.45, 7) is -2.57. The number of alkyl halides is 2. The summed E-state index contributed by atoms with van der Waals surface area (Å²) in [6.07, 6.45) is 7.61. The van der Waals surface area contributed by atoms with E-state index in [-0.39, 0.29) is 18.3 Å². The van der Waals surface area contributed by atoms with E-state index in [0.717, 1.165) is 11.0 Å². The molecule has 25 heavy (non-hydrogen) atoms. The first-order valence-corrected chi connectivity index (χ1v) is 9.04. The highest BCUT2D eigenvalue weighted by atomic mass is 19.3. The molecular weight excluding hydrogens is 324 g/mol. The van der Waals surface area contributed by atoms with Crippen LogP contribution in [0.15, 0.2) is 24.3 Å². The predicted molar refractivity (Wildman–Crippen MR) is 93.3 cm³/mol. The standard InChI is InChI=1S/C19H25F2N3O/c1-23(18(25)12-11-14-7-3-2-4-8-14)13-17-22-15-9-5-6-10-16(15)24(17)19(20)21/h5-6,9-10,14,19H,2-4,7-8,11-13H2,1H3. The molecular formula is C19H25F2N3O. The van der Waals surface area contributed by atoms with E-state index in [1.807, 2.05) is 0 Å². The van der Waals surface area contributed by atoms with E-state index in [1.54, 1.807) is 31.3 Å². The van der Waals surface area contributed by atoms with Gasteiger partial charge in [-0.1, -0.05) is 44.2 Å². The number of imidazole rings is 1. The van der Waals surface area contributed by atoms with Crippen LogP contribution >= 0.6 is 0 Å². The largest absolute Gasteiger partial charge is 0.338 e. The molecule has 1 aromatic carbocycles. The smallest absolute Gasteiger partial charge is 0.320 e. The van der Waals surface area contributed by atoms with Gasteiger partial charge in [0.15, 0.2) is 0 Å². The zero-order valence-corrected chi connectivity index (χ0v) is 14.6. The normalized spacial score (nSPS) is 15.8. The van der Waals surface area contributed by atoms with E-state index in [4.69, 9.17) is 0 Å². The van der Waals surface area contributed by atoms with Crippen molar-refractivity contribution in [3.05, 3.63) is 30.1 Å². The highest BCUT2D eigenvalue weighted by molar-refractivity contribution is 5.77. The number of hydrogen-bond donors (Lipinski definition) is 0. The van der Waals surface area contributed by atoms with Gasteiger partial charge in [0.05, 0.1) is 17.6 Å². The number of nitrogens with zero attached hydrogens (tertiary/aromatic N) is 3. The maximum atomic E-state index is 13.5. The number of halogens is 2. The molecule has 1 heterocycles. The number of hydrogen-bond acceptors (Lipinski definition) is 2. The number of carbonyl (C=O) groups excluding carboxylic acids is 1. The Kier molecular flexibility index (Phi) is 5.66. The Morgan fingerprint density at radius 3 is 2.72 bits per heavy atom. The molecule has 1 aliphatic rings. The second-order valence-corrected chi connectivity index (χ2v) is 6.96. The summed E-state index contributed by atoms with van der Waals surface area (Å²) in [7, 11) is 1.67. The molecule has 0 saturated heterocycles. The van der Waals surface area contributed by atoms with Crippen LogP contribution in [0.25, 0.3) is 11.0 Å². The zero-order chi connectivity index (χ0) is 17.8. The SMILES string of the molecule is CN(Cc1nc2ccccc2n1C(F)F)C(=O)CCC1CCCCC1. The molecule has 0 aliphatic heterocycles. The molecule has 1 aromatic heterocycles. The first kappa shape index (κ1) is 17.8. The molecule has 6 heteroatoms. The summed E-state index contributed by atoms with van der Waals surface area (Å²) < 4.78 is 27.8. The Morgan fingerprint density at radius 2 is 2.00 bits per heavy atom. The second-order valence-electron chi connectivity index (χ2n) is 6.96. The summed E-state index contributed by atoms with van der Waals surface area (Å²) in [5.74, 6) is 0.861. The van der Waals surface area contributed by atoms with Crippen LogP contribution in [0.3, 0.4) is 0 Å².